The third-order valence-electron chi connectivity index (χ3n) is 1.68. The van der Waals surface area contributed by atoms with E-state index in [1.807, 2.05) is 6.08 Å². The van der Waals surface area contributed by atoms with Crippen molar-refractivity contribution < 1.29 is 4.39 Å². The lowest BCUT2D eigenvalue weighted by Gasteiger charge is -2.00. The quantitative estimate of drug-likeness (QED) is 0.813. The van der Waals surface area contributed by atoms with Crippen molar-refractivity contribution >= 4 is 22.0 Å². The summed E-state index contributed by atoms with van der Waals surface area (Å²) in [6.45, 7) is 0.440. The summed E-state index contributed by atoms with van der Waals surface area (Å²) in [5.41, 5.74) is 6.97. The Kier molecular flexibility index (Phi) is 4.12. The van der Waals surface area contributed by atoms with Crippen molar-refractivity contribution in [3.8, 4) is 0 Å². The molecule has 0 fully saturated rings. The van der Waals surface area contributed by atoms with Crippen LogP contribution in [-0.4, -0.2) is 5.33 Å². The molecular weight excluding hydrogens is 233 g/mol. The minimum Gasteiger partial charge on any atom is -0.326 e. The number of rotatable bonds is 3. The Labute approximate surface area is 85.6 Å². The standard InChI is InChI=1S/C10H11BrFN/c11-5-1-2-9-6-8(7-13)3-4-10(9)12/h1-4,6H,5,7,13H2. The van der Waals surface area contributed by atoms with E-state index in [9.17, 15) is 4.39 Å². The molecular formula is C10H11BrFN. The molecule has 1 aromatic rings. The van der Waals surface area contributed by atoms with Gasteiger partial charge in [0.2, 0.25) is 0 Å². The molecule has 0 heterocycles. The third-order valence-corrected chi connectivity index (χ3v) is 2.06. The molecule has 0 aliphatic carbocycles. The van der Waals surface area contributed by atoms with Crippen LogP contribution in [0.4, 0.5) is 4.39 Å². The Morgan fingerprint density at radius 1 is 1.46 bits per heavy atom. The highest BCUT2D eigenvalue weighted by atomic mass is 79.9. The Morgan fingerprint density at radius 3 is 2.85 bits per heavy atom. The fourth-order valence-corrected chi connectivity index (χ4v) is 1.21. The van der Waals surface area contributed by atoms with Crippen LogP contribution in [0.5, 0.6) is 0 Å². The number of halogens is 2. The number of nitrogens with two attached hydrogens (primary N) is 1. The predicted octanol–water partition coefficient (Wildman–Crippen LogP) is 2.69. The molecule has 0 aliphatic rings. The first kappa shape index (κ1) is 10.4. The maximum Gasteiger partial charge on any atom is 0.130 e. The number of hydrogen-bond donors (Lipinski definition) is 1. The third kappa shape index (κ3) is 2.94. The van der Waals surface area contributed by atoms with Crippen molar-refractivity contribution in [2.24, 2.45) is 5.73 Å². The molecule has 1 nitrogen and oxygen atoms in total. The molecule has 0 bridgehead atoms. The lowest BCUT2D eigenvalue weighted by molar-refractivity contribution is 0.624. The number of allylic oxidation sites excluding steroid dienone is 1. The second-order valence-corrected chi connectivity index (χ2v) is 3.26. The monoisotopic (exact) mass is 243 g/mol. The van der Waals surface area contributed by atoms with Gasteiger partial charge in [0.15, 0.2) is 0 Å². The molecule has 1 aromatic carbocycles. The van der Waals surface area contributed by atoms with Gasteiger partial charge in [-0.15, -0.1) is 0 Å². The zero-order valence-electron chi connectivity index (χ0n) is 7.13. The van der Waals surface area contributed by atoms with Crippen molar-refractivity contribution in [2.75, 3.05) is 5.33 Å². The highest BCUT2D eigenvalue weighted by Crippen LogP contribution is 2.12. The van der Waals surface area contributed by atoms with E-state index in [2.05, 4.69) is 15.9 Å². The number of alkyl halides is 1. The van der Waals surface area contributed by atoms with Crippen LogP contribution in [0.1, 0.15) is 11.1 Å². The van der Waals surface area contributed by atoms with Crippen molar-refractivity contribution in [3.05, 3.63) is 41.2 Å². The van der Waals surface area contributed by atoms with Crippen LogP contribution in [0.15, 0.2) is 24.3 Å². The lowest BCUT2D eigenvalue weighted by Crippen LogP contribution is -1.97. The number of benzene rings is 1. The molecule has 0 atom stereocenters. The Balaban J connectivity index is 2.97. The Hall–Kier alpha value is -0.670. The van der Waals surface area contributed by atoms with E-state index in [0.29, 0.717) is 12.1 Å². The van der Waals surface area contributed by atoms with Crippen LogP contribution in [0.2, 0.25) is 0 Å². The first-order valence-corrected chi connectivity index (χ1v) is 5.11. The van der Waals surface area contributed by atoms with E-state index < -0.39 is 0 Å². The van der Waals surface area contributed by atoms with Crippen LogP contribution in [0, 0.1) is 5.82 Å². The summed E-state index contributed by atoms with van der Waals surface area (Å²) in [4.78, 5) is 0. The van der Waals surface area contributed by atoms with E-state index in [4.69, 9.17) is 5.73 Å². The van der Waals surface area contributed by atoms with Gasteiger partial charge >= 0.3 is 0 Å². The highest BCUT2D eigenvalue weighted by molar-refractivity contribution is 9.09. The molecule has 0 amide bonds. The molecule has 3 heteroatoms. The molecule has 0 aliphatic heterocycles. The zero-order chi connectivity index (χ0) is 9.68. The second-order valence-electron chi connectivity index (χ2n) is 2.62. The van der Waals surface area contributed by atoms with Gasteiger partial charge in [-0.1, -0.05) is 34.1 Å². The molecule has 0 saturated heterocycles. The summed E-state index contributed by atoms with van der Waals surface area (Å²) >= 11 is 3.23. The minimum atomic E-state index is -0.214. The second kappa shape index (κ2) is 5.14. The summed E-state index contributed by atoms with van der Waals surface area (Å²) in [5, 5.41) is 0.722. The zero-order valence-corrected chi connectivity index (χ0v) is 8.72. The van der Waals surface area contributed by atoms with Gasteiger partial charge in [0.1, 0.15) is 5.82 Å². The van der Waals surface area contributed by atoms with E-state index in [-0.39, 0.29) is 5.82 Å². The first-order valence-electron chi connectivity index (χ1n) is 3.99. The van der Waals surface area contributed by atoms with Gasteiger partial charge in [-0.3, -0.25) is 0 Å². The van der Waals surface area contributed by atoms with Gasteiger partial charge in [-0.2, -0.15) is 0 Å². The van der Waals surface area contributed by atoms with Gasteiger partial charge in [-0.05, 0) is 17.7 Å². The maximum atomic E-state index is 13.1. The largest absolute Gasteiger partial charge is 0.326 e. The summed E-state index contributed by atoms with van der Waals surface area (Å²) in [6.07, 6.45) is 3.59. The maximum absolute atomic E-state index is 13.1. The number of hydrogen-bond acceptors (Lipinski definition) is 1. The SMILES string of the molecule is NCc1ccc(F)c(C=CCBr)c1. The van der Waals surface area contributed by atoms with Crippen LogP contribution < -0.4 is 5.73 Å². The topological polar surface area (TPSA) is 26.0 Å². The van der Waals surface area contributed by atoms with Gasteiger partial charge in [0.05, 0.1) is 0 Å². The van der Waals surface area contributed by atoms with Gasteiger partial charge in [-0.25, -0.2) is 4.39 Å². The van der Waals surface area contributed by atoms with Gasteiger partial charge in [0, 0.05) is 17.4 Å². The van der Waals surface area contributed by atoms with Gasteiger partial charge < -0.3 is 5.73 Å². The summed E-state index contributed by atoms with van der Waals surface area (Å²) < 4.78 is 13.1. The highest BCUT2D eigenvalue weighted by Gasteiger charge is 1.98. The van der Waals surface area contributed by atoms with E-state index in [1.165, 1.54) is 6.07 Å². The van der Waals surface area contributed by atoms with Crippen molar-refractivity contribution in [1.82, 2.24) is 0 Å². The lowest BCUT2D eigenvalue weighted by atomic mass is 10.1. The van der Waals surface area contributed by atoms with E-state index in [0.717, 1.165) is 10.9 Å². The van der Waals surface area contributed by atoms with Crippen molar-refractivity contribution in [2.45, 2.75) is 6.54 Å². The summed E-state index contributed by atoms with van der Waals surface area (Å²) in [5.74, 6) is -0.214. The van der Waals surface area contributed by atoms with E-state index in [1.54, 1.807) is 18.2 Å². The van der Waals surface area contributed by atoms with Crippen LogP contribution in [0.25, 0.3) is 6.08 Å². The average Bonchev–Trinajstić information content (AvgIpc) is 2.17. The molecule has 1 rings (SSSR count). The Morgan fingerprint density at radius 2 is 2.23 bits per heavy atom. The van der Waals surface area contributed by atoms with Crippen LogP contribution in [-0.2, 0) is 6.54 Å². The van der Waals surface area contributed by atoms with Crippen LogP contribution in [0.3, 0.4) is 0 Å². The van der Waals surface area contributed by atoms with Crippen LogP contribution >= 0.6 is 15.9 Å². The normalized spacial score (nSPS) is 11.0. The minimum absolute atomic E-state index is 0.214. The predicted molar refractivity (Wildman–Crippen MR) is 57.1 cm³/mol. The molecule has 0 aromatic heterocycles. The van der Waals surface area contributed by atoms with E-state index >= 15 is 0 Å². The summed E-state index contributed by atoms with van der Waals surface area (Å²) in [6, 6.07) is 4.89. The average molecular weight is 244 g/mol. The first-order chi connectivity index (χ1) is 6.27. The molecule has 2 N–H and O–H groups in total. The fraction of sp³-hybridized carbons (Fsp3) is 0.200. The molecule has 0 radical (unpaired) electrons. The molecule has 0 spiro atoms. The molecule has 0 unspecified atom stereocenters. The van der Waals surface area contributed by atoms with Crippen molar-refractivity contribution in [3.63, 3.8) is 0 Å². The van der Waals surface area contributed by atoms with Crippen molar-refractivity contribution in [1.29, 1.82) is 0 Å². The molecule has 13 heavy (non-hydrogen) atoms. The smallest absolute Gasteiger partial charge is 0.130 e. The summed E-state index contributed by atoms with van der Waals surface area (Å²) in [7, 11) is 0. The Bertz CT molecular complexity index is 310. The molecule has 0 saturated carbocycles. The fourth-order valence-electron chi connectivity index (χ4n) is 1.02. The molecule has 70 valence electrons. The van der Waals surface area contributed by atoms with Gasteiger partial charge in [0.25, 0.3) is 0 Å².